The summed E-state index contributed by atoms with van der Waals surface area (Å²) in [5, 5.41) is 21.9. The van der Waals surface area contributed by atoms with E-state index in [-0.39, 0.29) is 28.6 Å². The van der Waals surface area contributed by atoms with Crippen molar-refractivity contribution in [2.24, 2.45) is 0 Å². The molecular formula is C23H18ClN3O3S. The first kappa shape index (κ1) is 22.3. The van der Waals surface area contributed by atoms with E-state index in [9.17, 15) is 14.9 Å². The second-order valence-electron chi connectivity index (χ2n) is 6.67. The van der Waals surface area contributed by atoms with Crippen molar-refractivity contribution >= 4 is 40.9 Å². The fraction of sp³-hybridized carbons (Fsp3) is 0.130. The molecule has 1 amide bonds. The molecule has 0 spiro atoms. The molecule has 2 N–H and O–H groups in total. The van der Waals surface area contributed by atoms with E-state index in [1.807, 2.05) is 31.2 Å². The molecule has 0 radical (unpaired) electrons. The number of nitrogens with zero attached hydrogens (tertiary/aromatic N) is 2. The van der Waals surface area contributed by atoms with Crippen LogP contribution >= 0.6 is 23.4 Å². The zero-order chi connectivity index (χ0) is 22.4. The minimum absolute atomic E-state index is 0.0323. The van der Waals surface area contributed by atoms with Crippen LogP contribution in [0.15, 0.2) is 59.6 Å². The number of carbonyl (C=O) groups is 2. The van der Waals surface area contributed by atoms with Crippen LogP contribution < -0.4 is 5.32 Å². The lowest BCUT2D eigenvalue weighted by molar-refractivity contribution is -0.115. The van der Waals surface area contributed by atoms with Crippen LogP contribution in [0.5, 0.6) is 0 Å². The van der Waals surface area contributed by atoms with Crippen molar-refractivity contribution in [2.75, 3.05) is 11.1 Å². The van der Waals surface area contributed by atoms with E-state index >= 15 is 0 Å². The van der Waals surface area contributed by atoms with E-state index in [0.29, 0.717) is 16.3 Å². The third kappa shape index (κ3) is 5.85. The summed E-state index contributed by atoms with van der Waals surface area (Å²) in [7, 11) is 0. The number of aryl methyl sites for hydroxylation is 1. The highest BCUT2D eigenvalue weighted by Gasteiger charge is 2.12. The molecule has 0 bridgehead atoms. The Labute approximate surface area is 188 Å². The van der Waals surface area contributed by atoms with E-state index in [0.717, 1.165) is 16.8 Å². The standard InChI is InChI=1S/C23H18ClN3O3S/c1-14-2-4-15(5-3-14)19-9-7-17(13-25)22(27-19)31-11-10-21(28)26-20-12-16(23(29)30)6-8-18(20)24/h2-9,12H,10-11H2,1H3,(H,26,28)(H,29,30). The fourth-order valence-electron chi connectivity index (χ4n) is 2.73. The molecule has 2 aromatic carbocycles. The smallest absolute Gasteiger partial charge is 0.335 e. The van der Waals surface area contributed by atoms with E-state index in [1.54, 1.807) is 12.1 Å². The average Bonchev–Trinajstić information content (AvgIpc) is 2.75. The number of nitriles is 1. The predicted molar refractivity (Wildman–Crippen MR) is 122 cm³/mol. The molecule has 1 aromatic heterocycles. The molecule has 0 aliphatic carbocycles. The number of carboxylic acids is 1. The summed E-state index contributed by atoms with van der Waals surface area (Å²) in [4.78, 5) is 28.0. The molecule has 3 aromatic rings. The van der Waals surface area contributed by atoms with E-state index in [2.05, 4.69) is 16.4 Å². The third-order valence-electron chi connectivity index (χ3n) is 4.38. The number of hydrogen-bond donors (Lipinski definition) is 2. The minimum atomic E-state index is -1.11. The average molecular weight is 452 g/mol. The zero-order valence-electron chi connectivity index (χ0n) is 16.6. The van der Waals surface area contributed by atoms with Crippen LogP contribution in [0.25, 0.3) is 11.3 Å². The molecule has 6 nitrogen and oxygen atoms in total. The van der Waals surface area contributed by atoms with Gasteiger partial charge in [0, 0.05) is 17.7 Å². The minimum Gasteiger partial charge on any atom is -0.478 e. The molecule has 156 valence electrons. The number of aromatic carboxylic acids is 1. The van der Waals surface area contributed by atoms with Crippen LogP contribution in [0.1, 0.15) is 27.9 Å². The Kier molecular flexibility index (Phi) is 7.29. The summed E-state index contributed by atoms with van der Waals surface area (Å²) in [6, 6.07) is 17.7. The number of carboxylic acid groups (broad SMARTS) is 1. The van der Waals surface area contributed by atoms with E-state index in [4.69, 9.17) is 16.7 Å². The molecule has 0 saturated heterocycles. The van der Waals surface area contributed by atoms with Crippen molar-refractivity contribution in [3.8, 4) is 17.3 Å². The summed E-state index contributed by atoms with van der Waals surface area (Å²) in [6.45, 7) is 2.01. The first-order chi connectivity index (χ1) is 14.9. The van der Waals surface area contributed by atoms with Crippen LogP contribution in [0, 0.1) is 18.3 Å². The van der Waals surface area contributed by atoms with Crippen LogP contribution in [-0.2, 0) is 4.79 Å². The highest BCUT2D eigenvalue weighted by atomic mass is 35.5. The van der Waals surface area contributed by atoms with E-state index in [1.165, 1.54) is 30.0 Å². The van der Waals surface area contributed by atoms with Gasteiger partial charge in [0.2, 0.25) is 5.91 Å². The van der Waals surface area contributed by atoms with Gasteiger partial charge in [-0.3, -0.25) is 4.79 Å². The maximum Gasteiger partial charge on any atom is 0.335 e. The van der Waals surface area contributed by atoms with Crippen LogP contribution in [0.3, 0.4) is 0 Å². The first-order valence-electron chi connectivity index (χ1n) is 9.31. The Hall–Kier alpha value is -3.34. The number of nitrogens with one attached hydrogen (secondary N) is 1. The lowest BCUT2D eigenvalue weighted by Gasteiger charge is -2.09. The zero-order valence-corrected chi connectivity index (χ0v) is 18.1. The number of pyridine rings is 1. The van der Waals surface area contributed by atoms with Crippen molar-refractivity contribution in [3.05, 3.63) is 76.3 Å². The lowest BCUT2D eigenvalue weighted by atomic mass is 10.1. The molecule has 0 unspecified atom stereocenters. The van der Waals surface area contributed by atoms with Gasteiger partial charge in [-0.2, -0.15) is 5.26 Å². The number of anilines is 1. The van der Waals surface area contributed by atoms with Gasteiger partial charge in [-0.1, -0.05) is 41.4 Å². The molecule has 1 heterocycles. The largest absolute Gasteiger partial charge is 0.478 e. The number of benzene rings is 2. The number of carbonyl (C=O) groups excluding carboxylic acids is 1. The van der Waals surface area contributed by atoms with Crippen molar-refractivity contribution in [2.45, 2.75) is 18.4 Å². The number of thioether (sulfide) groups is 1. The Balaban J connectivity index is 1.66. The molecule has 0 aliphatic heterocycles. The summed E-state index contributed by atoms with van der Waals surface area (Å²) >= 11 is 7.35. The second kappa shape index (κ2) is 10.1. The summed E-state index contributed by atoms with van der Waals surface area (Å²) < 4.78 is 0. The van der Waals surface area contributed by atoms with Gasteiger partial charge in [-0.25, -0.2) is 9.78 Å². The molecule has 0 fully saturated rings. The van der Waals surface area contributed by atoms with Gasteiger partial charge in [-0.15, -0.1) is 11.8 Å². The maximum absolute atomic E-state index is 12.3. The number of amides is 1. The van der Waals surface area contributed by atoms with Gasteiger partial charge >= 0.3 is 5.97 Å². The topological polar surface area (TPSA) is 103 Å². The number of aromatic nitrogens is 1. The highest BCUT2D eigenvalue weighted by molar-refractivity contribution is 7.99. The first-order valence-corrected chi connectivity index (χ1v) is 10.7. The SMILES string of the molecule is Cc1ccc(-c2ccc(C#N)c(SCCC(=O)Nc3cc(C(=O)O)ccc3Cl)n2)cc1. The maximum atomic E-state index is 12.3. The van der Waals surface area contributed by atoms with Crippen molar-refractivity contribution in [3.63, 3.8) is 0 Å². The van der Waals surface area contributed by atoms with Crippen LogP contribution in [-0.4, -0.2) is 27.7 Å². The summed E-state index contributed by atoms with van der Waals surface area (Å²) in [5.74, 6) is -1.03. The fourth-order valence-corrected chi connectivity index (χ4v) is 3.81. The van der Waals surface area contributed by atoms with E-state index < -0.39 is 5.97 Å². The Morgan fingerprint density at radius 2 is 1.90 bits per heavy atom. The Bertz CT molecular complexity index is 1170. The van der Waals surface area contributed by atoms with Gasteiger partial charge in [0.15, 0.2) is 0 Å². The number of hydrogen-bond acceptors (Lipinski definition) is 5. The summed E-state index contributed by atoms with van der Waals surface area (Å²) in [6.07, 6.45) is 0.138. The molecule has 3 rings (SSSR count). The third-order valence-corrected chi connectivity index (χ3v) is 5.71. The van der Waals surface area contributed by atoms with Gasteiger partial charge in [0.25, 0.3) is 0 Å². The van der Waals surface area contributed by atoms with Gasteiger partial charge in [-0.05, 0) is 37.3 Å². The molecule has 0 saturated carbocycles. The monoisotopic (exact) mass is 451 g/mol. The van der Waals surface area contributed by atoms with Crippen LogP contribution in [0.4, 0.5) is 5.69 Å². The molecule has 0 aliphatic rings. The van der Waals surface area contributed by atoms with Crippen molar-refractivity contribution < 1.29 is 14.7 Å². The van der Waals surface area contributed by atoms with Gasteiger partial charge < -0.3 is 10.4 Å². The van der Waals surface area contributed by atoms with Crippen molar-refractivity contribution in [1.29, 1.82) is 5.26 Å². The highest BCUT2D eigenvalue weighted by Crippen LogP contribution is 2.27. The Morgan fingerprint density at radius 1 is 1.16 bits per heavy atom. The van der Waals surface area contributed by atoms with Gasteiger partial charge in [0.05, 0.1) is 27.5 Å². The van der Waals surface area contributed by atoms with Gasteiger partial charge in [0.1, 0.15) is 11.1 Å². The molecule has 0 atom stereocenters. The predicted octanol–water partition coefficient (Wildman–Crippen LogP) is 5.40. The Morgan fingerprint density at radius 3 is 2.58 bits per heavy atom. The second-order valence-corrected chi connectivity index (χ2v) is 8.16. The molecule has 8 heteroatoms. The quantitative estimate of drug-likeness (QED) is 0.466. The number of halogens is 1. The summed E-state index contributed by atoms with van der Waals surface area (Å²) in [5.41, 5.74) is 3.56. The lowest BCUT2D eigenvalue weighted by Crippen LogP contribution is -2.13. The molecule has 31 heavy (non-hydrogen) atoms. The molecular weight excluding hydrogens is 434 g/mol. The van der Waals surface area contributed by atoms with Crippen LogP contribution in [0.2, 0.25) is 5.02 Å². The normalized spacial score (nSPS) is 10.4. The number of rotatable bonds is 7. The van der Waals surface area contributed by atoms with Crippen molar-refractivity contribution in [1.82, 2.24) is 4.98 Å².